The van der Waals surface area contributed by atoms with Crippen molar-refractivity contribution in [3.63, 3.8) is 0 Å². The van der Waals surface area contributed by atoms with Gasteiger partial charge in [-0.05, 0) is 42.2 Å². The van der Waals surface area contributed by atoms with E-state index in [1.54, 1.807) is 12.1 Å². The van der Waals surface area contributed by atoms with Crippen LogP contribution in [0.1, 0.15) is 18.1 Å². The fraction of sp³-hybridized carbons (Fsp3) is 0.286. The van der Waals surface area contributed by atoms with Gasteiger partial charge in [0.1, 0.15) is 5.75 Å². The SMILES string of the molecule is CCc1ccc(NC(=O)C(C#N)C(=O)C2COc3ccccc3C2)cc1. The van der Waals surface area contributed by atoms with Crippen LogP contribution in [-0.2, 0) is 22.4 Å². The number of hydrogen-bond donors (Lipinski definition) is 1. The van der Waals surface area contributed by atoms with Gasteiger partial charge < -0.3 is 10.1 Å². The first-order chi connectivity index (χ1) is 12.6. The van der Waals surface area contributed by atoms with Crippen LogP contribution in [0.5, 0.6) is 5.75 Å². The minimum absolute atomic E-state index is 0.187. The number of nitriles is 1. The third-order valence-corrected chi connectivity index (χ3v) is 4.59. The number of nitrogens with zero attached hydrogens (tertiary/aromatic N) is 1. The quantitative estimate of drug-likeness (QED) is 0.842. The van der Waals surface area contributed by atoms with E-state index in [1.165, 1.54) is 0 Å². The van der Waals surface area contributed by atoms with E-state index in [0.29, 0.717) is 12.1 Å². The maximum Gasteiger partial charge on any atom is 0.249 e. The number of anilines is 1. The molecule has 1 aliphatic heterocycles. The van der Waals surface area contributed by atoms with Crippen molar-refractivity contribution in [2.24, 2.45) is 11.8 Å². The molecule has 2 unspecified atom stereocenters. The first kappa shape index (κ1) is 17.7. The highest BCUT2D eigenvalue weighted by Crippen LogP contribution is 2.28. The van der Waals surface area contributed by atoms with Crippen LogP contribution >= 0.6 is 0 Å². The molecule has 1 aliphatic rings. The number of benzene rings is 2. The Morgan fingerprint density at radius 1 is 1.23 bits per heavy atom. The van der Waals surface area contributed by atoms with Crippen molar-refractivity contribution in [1.29, 1.82) is 5.26 Å². The van der Waals surface area contributed by atoms with E-state index in [-0.39, 0.29) is 6.61 Å². The van der Waals surface area contributed by atoms with E-state index in [4.69, 9.17) is 4.74 Å². The number of aryl methyl sites for hydroxylation is 1. The van der Waals surface area contributed by atoms with E-state index in [0.717, 1.165) is 23.3 Å². The smallest absolute Gasteiger partial charge is 0.249 e. The van der Waals surface area contributed by atoms with Gasteiger partial charge in [0, 0.05) is 5.69 Å². The standard InChI is InChI=1S/C21H20N2O3/c1-2-14-7-9-17(10-8-14)23-21(25)18(12-22)20(24)16-11-15-5-3-4-6-19(15)26-13-16/h3-10,16,18H,2,11,13H2,1H3,(H,23,25). The van der Waals surface area contributed by atoms with Crippen LogP contribution in [0.4, 0.5) is 5.69 Å². The number of ketones is 1. The maximum atomic E-state index is 12.7. The lowest BCUT2D eigenvalue weighted by Crippen LogP contribution is -2.37. The molecule has 1 N–H and O–H groups in total. The summed E-state index contributed by atoms with van der Waals surface area (Å²) in [5.74, 6) is -2.08. The van der Waals surface area contributed by atoms with Gasteiger partial charge >= 0.3 is 0 Å². The monoisotopic (exact) mass is 348 g/mol. The Hall–Kier alpha value is -3.13. The van der Waals surface area contributed by atoms with Gasteiger partial charge in [0.25, 0.3) is 0 Å². The fourth-order valence-electron chi connectivity index (χ4n) is 3.04. The van der Waals surface area contributed by atoms with Crippen LogP contribution in [0.15, 0.2) is 48.5 Å². The Labute approximate surface area is 152 Å². The molecule has 2 aromatic carbocycles. The molecular weight excluding hydrogens is 328 g/mol. The lowest BCUT2D eigenvalue weighted by Gasteiger charge is -2.25. The topological polar surface area (TPSA) is 79.2 Å². The van der Waals surface area contributed by atoms with Gasteiger partial charge in [-0.1, -0.05) is 37.3 Å². The summed E-state index contributed by atoms with van der Waals surface area (Å²) in [7, 11) is 0. The highest BCUT2D eigenvalue weighted by Gasteiger charge is 2.35. The minimum atomic E-state index is -1.35. The van der Waals surface area contributed by atoms with Crippen LogP contribution in [0.2, 0.25) is 0 Å². The Balaban J connectivity index is 1.68. The summed E-state index contributed by atoms with van der Waals surface area (Å²) in [5, 5.41) is 12.0. The molecule has 26 heavy (non-hydrogen) atoms. The summed E-state index contributed by atoms with van der Waals surface area (Å²) in [5.41, 5.74) is 2.64. The maximum absolute atomic E-state index is 12.7. The van der Waals surface area contributed by atoms with E-state index in [2.05, 4.69) is 5.32 Å². The van der Waals surface area contributed by atoms with Gasteiger partial charge in [-0.3, -0.25) is 9.59 Å². The van der Waals surface area contributed by atoms with Crippen molar-refractivity contribution < 1.29 is 14.3 Å². The lowest BCUT2D eigenvalue weighted by atomic mass is 9.87. The number of rotatable bonds is 5. The molecule has 0 spiro atoms. The third kappa shape index (κ3) is 3.75. The average Bonchev–Trinajstić information content (AvgIpc) is 2.68. The Morgan fingerprint density at radius 3 is 2.65 bits per heavy atom. The van der Waals surface area contributed by atoms with Crippen LogP contribution in [0.25, 0.3) is 0 Å². The fourth-order valence-corrected chi connectivity index (χ4v) is 3.04. The molecule has 0 saturated carbocycles. The highest BCUT2D eigenvalue weighted by molar-refractivity contribution is 6.10. The largest absolute Gasteiger partial charge is 0.493 e. The summed E-state index contributed by atoms with van der Waals surface area (Å²) in [6, 6.07) is 16.7. The second kappa shape index (κ2) is 7.83. The molecule has 0 aliphatic carbocycles. The van der Waals surface area contributed by atoms with Crippen LogP contribution in [0, 0.1) is 23.2 Å². The van der Waals surface area contributed by atoms with Crippen molar-refractivity contribution in [3.8, 4) is 11.8 Å². The number of carbonyl (C=O) groups is 2. The summed E-state index contributed by atoms with van der Waals surface area (Å²) < 4.78 is 5.61. The molecule has 5 heteroatoms. The van der Waals surface area contributed by atoms with E-state index in [1.807, 2.05) is 49.4 Å². The first-order valence-electron chi connectivity index (χ1n) is 8.66. The molecule has 0 saturated heterocycles. The molecule has 2 aromatic rings. The van der Waals surface area contributed by atoms with E-state index in [9.17, 15) is 14.9 Å². The molecule has 1 heterocycles. The molecule has 0 aromatic heterocycles. The molecule has 3 rings (SSSR count). The van der Waals surface area contributed by atoms with E-state index >= 15 is 0 Å². The Kier molecular flexibility index (Phi) is 5.33. The zero-order valence-electron chi connectivity index (χ0n) is 14.6. The van der Waals surface area contributed by atoms with Gasteiger partial charge in [-0.25, -0.2) is 0 Å². The number of para-hydroxylation sites is 1. The average molecular weight is 348 g/mol. The zero-order chi connectivity index (χ0) is 18.5. The minimum Gasteiger partial charge on any atom is -0.493 e. The Morgan fingerprint density at radius 2 is 1.96 bits per heavy atom. The van der Waals surface area contributed by atoms with Gasteiger partial charge in [0.05, 0.1) is 18.6 Å². The number of nitrogens with one attached hydrogen (secondary N) is 1. The van der Waals surface area contributed by atoms with Gasteiger partial charge in [0.2, 0.25) is 5.91 Å². The van der Waals surface area contributed by atoms with E-state index < -0.39 is 23.5 Å². The second-order valence-electron chi connectivity index (χ2n) is 6.32. The van der Waals surface area contributed by atoms with Crippen LogP contribution < -0.4 is 10.1 Å². The summed E-state index contributed by atoms with van der Waals surface area (Å²) >= 11 is 0. The molecule has 2 atom stereocenters. The molecular formula is C21H20N2O3. The summed E-state index contributed by atoms with van der Waals surface area (Å²) in [4.78, 5) is 25.1. The lowest BCUT2D eigenvalue weighted by molar-refractivity contribution is -0.132. The van der Waals surface area contributed by atoms with Crippen molar-refractivity contribution >= 4 is 17.4 Å². The van der Waals surface area contributed by atoms with Crippen LogP contribution in [0.3, 0.4) is 0 Å². The van der Waals surface area contributed by atoms with Crippen molar-refractivity contribution in [2.75, 3.05) is 11.9 Å². The molecule has 0 fully saturated rings. The number of hydrogen-bond acceptors (Lipinski definition) is 4. The Bertz CT molecular complexity index is 852. The molecule has 5 nitrogen and oxygen atoms in total. The molecule has 0 radical (unpaired) electrons. The highest BCUT2D eigenvalue weighted by atomic mass is 16.5. The summed E-state index contributed by atoms with van der Waals surface area (Å²) in [6.07, 6.45) is 1.38. The number of Topliss-reactive ketones (excluding diaryl/α,β-unsaturated/α-hetero) is 1. The predicted molar refractivity (Wildman–Crippen MR) is 97.7 cm³/mol. The second-order valence-corrected chi connectivity index (χ2v) is 6.32. The van der Waals surface area contributed by atoms with Gasteiger partial charge in [-0.2, -0.15) is 5.26 Å². The van der Waals surface area contributed by atoms with Gasteiger partial charge in [-0.15, -0.1) is 0 Å². The number of amides is 1. The predicted octanol–water partition coefficient (Wildman–Crippen LogP) is 3.15. The molecule has 132 valence electrons. The third-order valence-electron chi connectivity index (χ3n) is 4.59. The summed E-state index contributed by atoms with van der Waals surface area (Å²) in [6.45, 7) is 2.23. The first-order valence-corrected chi connectivity index (χ1v) is 8.66. The van der Waals surface area contributed by atoms with Gasteiger partial charge in [0.15, 0.2) is 11.7 Å². The number of carbonyl (C=O) groups excluding carboxylic acids is 2. The van der Waals surface area contributed by atoms with Crippen molar-refractivity contribution in [1.82, 2.24) is 0 Å². The van der Waals surface area contributed by atoms with Crippen molar-refractivity contribution in [3.05, 3.63) is 59.7 Å². The zero-order valence-corrected chi connectivity index (χ0v) is 14.6. The van der Waals surface area contributed by atoms with Crippen LogP contribution in [-0.4, -0.2) is 18.3 Å². The molecule has 1 amide bonds. The number of ether oxygens (including phenoxy) is 1. The molecule has 0 bridgehead atoms. The number of fused-ring (bicyclic) bond motifs is 1. The van der Waals surface area contributed by atoms with Crippen molar-refractivity contribution in [2.45, 2.75) is 19.8 Å². The normalized spacial score (nSPS) is 16.5.